The molecule has 1 N–H and O–H groups in total. The number of halogens is 1. The predicted octanol–water partition coefficient (Wildman–Crippen LogP) is 2.38. The maximum Gasteiger partial charge on any atom is 0.123 e. The summed E-state index contributed by atoms with van der Waals surface area (Å²) < 4.78 is 12.9. The largest absolute Gasteiger partial charge is 0.385 e. The molecule has 1 saturated heterocycles. The van der Waals surface area contributed by atoms with E-state index in [1.54, 1.807) is 12.1 Å². The van der Waals surface area contributed by atoms with Crippen LogP contribution in [0.1, 0.15) is 25.3 Å². The summed E-state index contributed by atoms with van der Waals surface area (Å²) >= 11 is 0. The van der Waals surface area contributed by atoms with Crippen molar-refractivity contribution in [2.45, 2.75) is 25.4 Å². The van der Waals surface area contributed by atoms with Crippen LogP contribution in [-0.2, 0) is 5.60 Å². The molecule has 0 aromatic heterocycles. The minimum absolute atomic E-state index is 0.254. The van der Waals surface area contributed by atoms with Crippen molar-refractivity contribution in [2.24, 2.45) is 5.92 Å². The lowest BCUT2D eigenvalue weighted by Crippen LogP contribution is -2.40. The molecular weight excluding hydrogens is 217 g/mol. The third-order valence-corrected chi connectivity index (χ3v) is 3.94. The number of likely N-dealkylation sites (tertiary alicyclic amines) is 1. The summed E-state index contributed by atoms with van der Waals surface area (Å²) in [5.41, 5.74) is -0.0388. The number of piperidine rings is 1. The second kappa shape index (κ2) is 4.75. The molecule has 1 aliphatic heterocycles. The first-order valence-electron chi connectivity index (χ1n) is 6.17. The second-order valence-corrected chi connectivity index (χ2v) is 5.23. The van der Waals surface area contributed by atoms with Gasteiger partial charge in [-0.15, -0.1) is 0 Å². The van der Waals surface area contributed by atoms with Gasteiger partial charge in [-0.2, -0.15) is 0 Å². The zero-order valence-electron chi connectivity index (χ0n) is 10.5. The maximum atomic E-state index is 12.9. The summed E-state index contributed by atoms with van der Waals surface area (Å²) in [7, 11) is 2.10. The van der Waals surface area contributed by atoms with Gasteiger partial charge >= 0.3 is 0 Å². The van der Waals surface area contributed by atoms with Crippen LogP contribution in [0.2, 0.25) is 0 Å². The fourth-order valence-electron chi connectivity index (χ4n) is 2.59. The number of nitrogens with zero attached hydrogens (tertiary/aromatic N) is 1. The standard InChI is InChI=1S/C14H20FNO/c1-14(17,11-3-5-13(15)6-4-11)12-7-9-16(2)10-8-12/h3-6,12,17H,7-10H2,1-2H3. The van der Waals surface area contributed by atoms with E-state index in [9.17, 15) is 9.50 Å². The van der Waals surface area contributed by atoms with E-state index in [0.717, 1.165) is 31.5 Å². The molecule has 1 unspecified atom stereocenters. The van der Waals surface area contributed by atoms with E-state index in [-0.39, 0.29) is 11.7 Å². The lowest BCUT2D eigenvalue weighted by Gasteiger charge is -2.38. The molecule has 3 heteroatoms. The zero-order chi connectivity index (χ0) is 12.5. The highest BCUT2D eigenvalue weighted by Crippen LogP contribution is 2.35. The van der Waals surface area contributed by atoms with Crippen molar-refractivity contribution in [1.82, 2.24) is 4.90 Å². The van der Waals surface area contributed by atoms with Gasteiger partial charge in [0.1, 0.15) is 5.82 Å². The van der Waals surface area contributed by atoms with Gasteiger partial charge in [-0.3, -0.25) is 0 Å². The number of hydrogen-bond donors (Lipinski definition) is 1. The van der Waals surface area contributed by atoms with Crippen LogP contribution in [0.15, 0.2) is 24.3 Å². The van der Waals surface area contributed by atoms with E-state index in [4.69, 9.17) is 0 Å². The smallest absolute Gasteiger partial charge is 0.123 e. The third-order valence-electron chi connectivity index (χ3n) is 3.94. The lowest BCUT2D eigenvalue weighted by molar-refractivity contribution is -0.0302. The Bertz CT molecular complexity index is 366. The Kier molecular flexibility index (Phi) is 3.50. The number of benzene rings is 1. The Morgan fingerprint density at radius 2 is 1.76 bits per heavy atom. The van der Waals surface area contributed by atoms with Gasteiger partial charge in [0.2, 0.25) is 0 Å². The molecule has 1 aliphatic rings. The van der Waals surface area contributed by atoms with E-state index in [1.165, 1.54) is 12.1 Å². The Morgan fingerprint density at radius 1 is 1.24 bits per heavy atom. The van der Waals surface area contributed by atoms with Crippen LogP contribution in [-0.4, -0.2) is 30.1 Å². The summed E-state index contributed by atoms with van der Waals surface area (Å²) in [6, 6.07) is 6.21. The molecule has 1 fully saturated rings. The second-order valence-electron chi connectivity index (χ2n) is 5.23. The molecule has 0 spiro atoms. The van der Waals surface area contributed by atoms with Gasteiger partial charge in [0, 0.05) is 0 Å². The van der Waals surface area contributed by atoms with E-state index in [0.29, 0.717) is 0 Å². The van der Waals surface area contributed by atoms with Gasteiger partial charge in [0.05, 0.1) is 5.60 Å². The van der Waals surface area contributed by atoms with Crippen molar-refractivity contribution in [3.05, 3.63) is 35.6 Å². The van der Waals surface area contributed by atoms with Crippen LogP contribution in [0, 0.1) is 11.7 Å². The molecule has 2 nitrogen and oxygen atoms in total. The first-order valence-corrected chi connectivity index (χ1v) is 6.17. The molecule has 0 saturated carbocycles. The van der Waals surface area contributed by atoms with Crippen molar-refractivity contribution >= 4 is 0 Å². The fourth-order valence-corrected chi connectivity index (χ4v) is 2.59. The zero-order valence-corrected chi connectivity index (χ0v) is 10.5. The lowest BCUT2D eigenvalue weighted by atomic mass is 9.77. The van der Waals surface area contributed by atoms with Gasteiger partial charge in [0.25, 0.3) is 0 Å². The molecule has 2 rings (SSSR count). The highest BCUT2D eigenvalue weighted by Gasteiger charge is 2.35. The summed E-state index contributed by atoms with van der Waals surface area (Å²) in [4.78, 5) is 2.28. The van der Waals surface area contributed by atoms with Crippen molar-refractivity contribution in [1.29, 1.82) is 0 Å². The summed E-state index contributed by atoms with van der Waals surface area (Å²) in [5, 5.41) is 10.6. The number of rotatable bonds is 2. The average molecular weight is 237 g/mol. The van der Waals surface area contributed by atoms with Gasteiger partial charge in [0.15, 0.2) is 0 Å². The molecule has 94 valence electrons. The normalized spacial score (nSPS) is 22.4. The molecule has 17 heavy (non-hydrogen) atoms. The van der Waals surface area contributed by atoms with Crippen LogP contribution in [0.3, 0.4) is 0 Å². The van der Waals surface area contributed by atoms with Crippen molar-refractivity contribution in [3.63, 3.8) is 0 Å². The van der Waals surface area contributed by atoms with Crippen LogP contribution in [0.4, 0.5) is 4.39 Å². The van der Waals surface area contributed by atoms with Crippen LogP contribution in [0.5, 0.6) is 0 Å². The van der Waals surface area contributed by atoms with Crippen molar-refractivity contribution in [3.8, 4) is 0 Å². The fraction of sp³-hybridized carbons (Fsp3) is 0.571. The molecule has 0 amide bonds. The molecule has 1 aromatic carbocycles. The van der Waals surface area contributed by atoms with Gasteiger partial charge in [-0.25, -0.2) is 4.39 Å². The topological polar surface area (TPSA) is 23.5 Å². The first kappa shape index (κ1) is 12.5. The van der Waals surface area contributed by atoms with E-state index in [2.05, 4.69) is 11.9 Å². The van der Waals surface area contributed by atoms with Crippen molar-refractivity contribution < 1.29 is 9.50 Å². The molecule has 1 heterocycles. The summed E-state index contributed by atoms with van der Waals surface area (Å²) in [6.07, 6.45) is 1.97. The minimum atomic E-state index is -0.852. The Balaban J connectivity index is 2.15. The number of aliphatic hydroxyl groups is 1. The SMILES string of the molecule is CN1CCC(C(C)(O)c2ccc(F)cc2)CC1. The molecule has 0 bridgehead atoms. The number of hydrogen-bond acceptors (Lipinski definition) is 2. The van der Waals surface area contributed by atoms with Gasteiger partial charge in [-0.1, -0.05) is 12.1 Å². The monoisotopic (exact) mass is 237 g/mol. The molecule has 0 aliphatic carbocycles. The van der Waals surface area contributed by atoms with Gasteiger partial charge in [-0.05, 0) is 63.5 Å². The van der Waals surface area contributed by atoms with Crippen LogP contribution in [0.25, 0.3) is 0 Å². The quantitative estimate of drug-likeness (QED) is 0.853. The molecule has 0 radical (unpaired) electrons. The molecule has 1 aromatic rings. The van der Waals surface area contributed by atoms with Gasteiger partial charge < -0.3 is 10.0 Å². The molecular formula is C14H20FNO. The van der Waals surface area contributed by atoms with Crippen LogP contribution >= 0.6 is 0 Å². The molecule has 1 atom stereocenters. The van der Waals surface area contributed by atoms with E-state index in [1.807, 2.05) is 6.92 Å². The Morgan fingerprint density at radius 3 is 2.29 bits per heavy atom. The Labute approximate surface area is 102 Å². The Hall–Kier alpha value is -0.930. The summed E-state index contributed by atoms with van der Waals surface area (Å²) in [6.45, 7) is 3.88. The maximum absolute atomic E-state index is 12.9. The highest BCUT2D eigenvalue weighted by atomic mass is 19.1. The first-order chi connectivity index (χ1) is 8.00. The average Bonchev–Trinajstić information content (AvgIpc) is 2.30. The van der Waals surface area contributed by atoms with Crippen LogP contribution < -0.4 is 0 Å². The highest BCUT2D eigenvalue weighted by molar-refractivity contribution is 5.23. The minimum Gasteiger partial charge on any atom is -0.385 e. The van der Waals surface area contributed by atoms with E-state index < -0.39 is 5.60 Å². The third kappa shape index (κ3) is 2.67. The summed E-state index contributed by atoms with van der Waals surface area (Å²) in [5.74, 6) is -0.00270. The van der Waals surface area contributed by atoms with Crippen molar-refractivity contribution in [2.75, 3.05) is 20.1 Å². The van der Waals surface area contributed by atoms with E-state index >= 15 is 0 Å². The predicted molar refractivity (Wildman–Crippen MR) is 66.2 cm³/mol.